The lowest BCUT2D eigenvalue weighted by molar-refractivity contribution is -0.115. The SMILES string of the molecule is COc1ccc([C@@H](C)NCC(=O)Nc2cc(F)ccc2F)cc1Br. The quantitative estimate of drug-likeness (QED) is 0.772. The number of anilines is 1. The van der Waals surface area contributed by atoms with Gasteiger partial charge < -0.3 is 15.4 Å². The molecule has 4 nitrogen and oxygen atoms in total. The highest BCUT2D eigenvalue weighted by Gasteiger charge is 2.12. The standard InChI is InChI=1S/C17H17BrF2N2O2/c1-10(11-3-6-16(24-2)13(18)7-11)21-9-17(23)22-15-8-12(19)4-5-14(15)20/h3-8,10,21H,9H2,1-2H3,(H,22,23)/t10-/m1/s1. The van der Waals surface area contributed by atoms with Crippen LogP contribution in [0.5, 0.6) is 5.75 Å². The average Bonchev–Trinajstić information content (AvgIpc) is 2.56. The van der Waals surface area contributed by atoms with Gasteiger partial charge in [0, 0.05) is 12.1 Å². The Balaban J connectivity index is 1.93. The number of nitrogens with one attached hydrogen (secondary N) is 2. The predicted molar refractivity (Wildman–Crippen MR) is 92.1 cm³/mol. The van der Waals surface area contributed by atoms with Crippen LogP contribution in [0.25, 0.3) is 0 Å². The van der Waals surface area contributed by atoms with Crippen molar-refractivity contribution >= 4 is 27.5 Å². The summed E-state index contributed by atoms with van der Waals surface area (Å²) in [5.41, 5.74) is 0.772. The number of rotatable bonds is 6. The molecule has 0 aliphatic rings. The Labute approximate surface area is 147 Å². The highest BCUT2D eigenvalue weighted by atomic mass is 79.9. The van der Waals surface area contributed by atoms with Crippen molar-refractivity contribution in [1.82, 2.24) is 5.32 Å². The molecule has 0 spiro atoms. The van der Waals surface area contributed by atoms with Crippen molar-refractivity contribution in [2.24, 2.45) is 0 Å². The maximum absolute atomic E-state index is 13.5. The number of hydrogen-bond donors (Lipinski definition) is 2. The molecule has 24 heavy (non-hydrogen) atoms. The fourth-order valence-corrected chi connectivity index (χ4v) is 2.66. The van der Waals surface area contributed by atoms with Crippen LogP contribution < -0.4 is 15.4 Å². The van der Waals surface area contributed by atoms with Gasteiger partial charge in [0.15, 0.2) is 0 Å². The molecule has 0 fully saturated rings. The van der Waals surface area contributed by atoms with Crippen LogP contribution in [0, 0.1) is 11.6 Å². The van der Waals surface area contributed by atoms with Gasteiger partial charge in [-0.15, -0.1) is 0 Å². The third kappa shape index (κ3) is 4.75. The summed E-state index contributed by atoms with van der Waals surface area (Å²) in [7, 11) is 1.58. The molecule has 2 aromatic rings. The molecular formula is C17H17BrF2N2O2. The number of carbonyl (C=O) groups excluding carboxylic acids is 1. The molecule has 0 radical (unpaired) electrons. The highest BCUT2D eigenvalue weighted by Crippen LogP contribution is 2.27. The molecule has 0 unspecified atom stereocenters. The fraction of sp³-hybridized carbons (Fsp3) is 0.235. The van der Waals surface area contributed by atoms with Crippen molar-refractivity contribution < 1.29 is 18.3 Å². The van der Waals surface area contributed by atoms with E-state index >= 15 is 0 Å². The first kappa shape index (κ1) is 18.4. The van der Waals surface area contributed by atoms with E-state index in [1.807, 2.05) is 25.1 Å². The first-order chi connectivity index (χ1) is 11.4. The molecule has 0 saturated heterocycles. The van der Waals surface area contributed by atoms with Crippen LogP contribution in [0.1, 0.15) is 18.5 Å². The van der Waals surface area contributed by atoms with Crippen LogP contribution in [0.3, 0.4) is 0 Å². The molecule has 0 aromatic heterocycles. The number of amides is 1. The topological polar surface area (TPSA) is 50.4 Å². The van der Waals surface area contributed by atoms with Gasteiger partial charge in [-0.1, -0.05) is 6.07 Å². The molecule has 0 saturated carbocycles. The molecule has 2 aromatic carbocycles. The van der Waals surface area contributed by atoms with Crippen molar-refractivity contribution in [3.63, 3.8) is 0 Å². The number of hydrogen-bond acceptors (Lipinski definition) is 3. The second kappa shape index (κ2) is 8.21. The summed E-state index contributed by atoms with van der Waals surface area (Å²) in [5.74, 6) is -1.04. The lowest BCUT2D eigenvalue weighted by Crippen LogP contribution is -2.30. The smallest absolute Gasteiger partial charge is 0.238 e. The summed E-state index contributed by atoms with van der Waals surface area (Å²) < 4.78 is 32.6. The van der Waals surface area contributed by atoms with Crippen molar-refractivity contribution in [3.8, 4) is 5.75 Å². The lowest BCUT2D eigenvalue weighted by atomic mass is 10.1. The number of ether oxygens (including phenoxy) is 1. The van der Waals surface area contributed by atoms with E-state index in [2.05, 4.69) is 26.6 Å². The molecule has 0 aliphatic carbocycles. The van der Waals surface area contributed by atoms with Gasteiger partial charge in [-0.3, -0.25) is 4.79 Å². The van der Waals surface area contributed by atoms with Gasteiger partial charge in [0.25, 0.3) is 0 Å². The van der Waals surface area contributed by atoms with Crippen molar-refractivity contribution in [2.75, 3.05) is 19.0 Å². The molecule has 7 heteroatoms. The zero-order chi connectivity index (χ0) is 17.7. The minimum absolute atomic E-state index is 0.0409. The molecule has 0 aliphatic heterocycles. The first-order valence-corrected chi connectivity index (χ1v) is 8.01. The first-order valence-electron chi connectivity index (χ1n) is 7.22. The number of benzene rings is 2. The summed E-state index contributed by atoms with van der Waals surface area (Å²) in [6.45, 7) is 1.85. The van der Waals surface area contributed by atoms with E-state index in [1.54, 1.807) is 7.11 Å². The van der Waals surface area contributed by atoms with Crippen LogP contribution >= 0.6 is 15.9 Å². The summed E-state index contributed by atoms with van der Waals surface area (Å²) in [5, 5.41) is 5.37. The van der Waals surface area contributed by atoms with E-state index in [1.165, 1.54) is 0 Å². The Bertz CT molecular complexity index is 741. The zero-order valence-corrected chi connectivity index (χ0v) is 14.8. The van der Waals surface area contributed by atoms with Crippen LogP contribution in [0.15, 0.2) is 40.9 Å². The Morgan fingerprint density at radius 2 is 2.00 bits per heavy atom. The maximum atomic E-state index is 13.5. The summed E-state index contributed by atoms with van der Waals surface area (Å²) in [6, 6.07) is 8.38. The molecule has 0 heterocycles. The molecular weight excluding hydrogens is 382 g/mol. The van der Waals surface area contributed by atoms with Gasteiger partial charge >= 0.3 is 0 Å². The fourth-order valence-electron chi connectivity index (χ4n) is 2.10. The van der Waals surface area contributed by atoms with E-state index in [4.69, 9.17) is 4.74 Å². The monoisotopic (exact) mass is 398 g/mol. The number of carbonyl (C=O) groups is 1. The molecule has 1 atom stereocenters. The predicted octanol–water partition coefficient (Wildman–Crippen LogP) is 4.03. The zero-order valence-electron chi connectivity index (χ0n) is 13.2. The molecule has 2 N–H and O–H groups in total. The van der Waals surface area contributed by atoms with Gasteiger partial charge in [0.2, 0.25) is 5.91 Å². The van der Waals surface area contributed by atoms with E-state index in [9.17, 15) is 13.6 Å². The van der Waals surface area contributed by atoms with E-state index in [0.29, 0.717) is 5.75 Å². The van der Waals surface area contributed by atoms with Crippen molar-refractivity contribution in [2.45, 2.75) is 13.0 Å². The van der Waals surface area contributed by atoms with Crippen molar-refractivity contribution in [3.05, 3.63) is 58.1 Å². The minimum Gasteiger partial charge on any atom is -0.496 e. The highest BCUT2D eigenvalue weighted by molar-refractivity contribution is 9.10. The van der Waals surface area contributed by atoms with Crippen molar-refractivity contribution in [1.29, 1.82) is 0 Å². The third-order valence-corrected chi connectivity index (χ3v) is 4.07. The third-order valence-electron chi connectivity index (χ3n) is 3.45. The van der Waals surface area contributed by atoms with E-state index < -0.39 is 17.5 Å². The van der Waals surface area contributed by atoms with E-state index in [0.717, 1.165) is 28.2 Å². The Morgan fingerprint density at radius 3 is 2.67 bits per heavy atom. The van der Waals surface area contributed by atoms with Gasteiger partial charge in [0.05, 0.1) is 23.8 Å². The Hall–Kier alpha value is -1.99. The Morgan fingerprint density at radius 1 is 1.25 bits per heavy atom. The van der Waals surface area contributed by atoms with Crippen LogP contribution in [-0.4, -0.2) is 19.6 Å². The van der Waals surface area contributed by atoms with Crippen LogP contribution in [0.2, 0.25) is 0 Å². The van der Waals surface area contributed by atoms with Gasteiger partial charge in [-0.2, -0.15) is 0 Å². The average molecular weight is 399 g/mol. The largest absolute Gasteiger partial charge is 0.496 e. The number of methoxy groups -OCH3 is 1. The molecule has 1 amide bonds. The summed E-state index contributed by atoms with van der Waals surface area (Å²) >= 11 is 3.41. The maximum Gasteiger partial charge on any atom is 0.238 e. The summed E-state index contributed by atoms with van der Waals surface area (Å²) in [4.78, 5) is 11.9. The lowest BCUT2D eigenvalue weighted by Gasteiger charge is -2.15. The second-order valence-electron chi connectivity index (χ2n) is 5.17. The summed E-state index contributed by atoms with van der Waals surface area (Å²) in [6.07, 6.45) is 0. The van der Waals surface area contributed by atoms with E-state index in [-0.39, 0.29) is 18.3 Å². The Kier molecular flexibility index (Phi) is 6.28. The molecule has 128 valence electrons. The van der Waals surface area contributed by atoms with Crippen LogP contribution in [-0.2, 0) is 4.79 Å². The van der Waals surface area contributed by atoms with Gasteiger partial charge in [0.1, 0.15) is 17.4 Å². The van der Waals surface area contributed by atoms with Gasteiger partial charge in [-0.05, 0) is 52.7 Å². The van der Waals surface area contributed by atoms with Crippen LogP contribution in [0.4, 0.5) is 14.5 Å². The normalized spacial score (nSPS) is 11.9. The second-order valence-corrected chi connectivity index (χ2v) is 6.02. The minimum atomic E-state index is -0.683. The molecule has 2 rings (SSSR count). The van der Waals surface area contributed by atoms with Gasteiger partial charge in [-0.25, -0.2) is 8.78 Å². The molecule has 0 bridgehead atoms. The number of halogens is 3.